The minimum absolute atomic E-state index is 0.543. The summed E-state index contributed by atoms with van der Waals surface area (Å²) in [5.74, 6) is 1.60. The van der Waals surface area contributed by atoms with Crippen LogP contribution in [-0.4, -0.2) is 16.7 Å². The monoisotopic (exact) mass is 331 g/mol. The SMILES string of the molecule is COc1ccc(Br)cc1-c1nc(C#N)c2n1CCCC2. The van der Waals surface area contributed by atoms with Crippen LogP contribution in [0.25, 0.3) is 11.4 Å². The number of methoxy groups -OCH3 is 1. The predicted molar refractivity (Wildman–Crippen MR) is 79.6 cm³/mol. The Bertz CT molecular complexity index is 700. The molecule has 0 radical (unpaired) electrons. The van der Waals surface area contributed by atoms with Crippen LogP contribution in [0.4, 0.5) is 0 Å². The molecular weight excluding hydrogens is 318 g/mol. The van der Waals surface area contributed by atoms with E-state index >= 15 is 0 Å². The molecule has 1 aliphatic heterocycles. The van der Waals surface area contributed by atoms with E-state index in [0.29, 0.717) is 5.69 Å². The Morgan fingerprint density at radius 3 is 3.00 bits per heavy atom. The largest absolute Gasteiger partial charge is 0.496 e. The highest BCUT2D eigenvalue weighted by molar-refractivity contribution is 9.10. The zero-order valence-electron chi connectivity index (χ0n) is 11.2. The number of nitriles is 1. The minimum atomic E-state index is 0.543. The molecule has 3 rings (SSSR count). The topological polar surface area (TPSA) is 50.8 Å². The zero-order valence-corrected chi connectivity index (χ0v) is 12.8. The third kappa shape index (κ3) is 2.10. The second-order valence-electron chi connectivity index (χ2n) is 4.80. The van der Waals surface area contributed by atoms with Gasteiger partial charge in [-0.2, -0.15) is 5.26 Å². The van der Waals surface area contributed by atoms with Crippen molar-refractivity contribution in [2.45, 2.75) is 25.8 Å². The molecule has 1 aromatic heterocycles. The number of benzene rings is 1. The van der Waals surface area contributed by atoms with Gasteiger partial charge in [-0.25, -0.2) is 4.98 Å². The molecular formula is C15H14BrN3O. The fourth-order valence-corrected chi connectivity index (χ4v) is 3.05. The molecule has 0 spiro atoms. The minimum Gasteiger partial charge on any atom is -0.496 e. The van der Waals surface area contributed by atoms with Gasteiger partial charge in [0.05, 0.1) is 18.4 Å². The van der Waals surface area contributed by atoms with Crippen molar-refractivity contribution in [1.82, 2.24) is 9.55 Å². The zero-order chi connectivity index (χ0) is 14.1. The van der Waals surface area contributed by atoms with Crippen molar-refractivity contribution in [3.63, 3.8) is 0 Å². The molecule has 2 heterocycles. The van der Waals surface area contributed by atoms with Crippen molar-refractivity contribution >= 4 is 15.9 Å². The van der Waals surface area contributed by atoms with Gasteiger partial charge >= 0.3 is 0 Å². The van der Waals surface area contributed by atoms with E-state index in [1.54, 1.807) is 7.11 Å². The van der Waals surface area contributed by atoms with Crippen LogP contribution in [0.2, 0.25) is 0 Å². The molecule has 0 atom stereocenters. The molecule has 0 saturated heterocycles. The van der Waals surface area contributed by atoms with Gasteiger partial charge in [-0.05, 0) is 37.5 Å². The second-order valence-corrected chi connectivity index (χ2v) is 5.71. The van der Waals surface area contributed by atoms with Crippen LogP contribution in [0, 0.1) is 11.3 Å². The summed E-state index contributed by atoms with van der Waals surface area (Å²) < 4.78 is 8.56. The van der Waals surface area contributed by atoms with Crippen LogP contribution in [0.15, 0.2) is 22.7 Å². The first-order chi connectivity index (χ1) is 9.74. The summed E-state index contributed by atoms with van der Waals surface area (Å²) >= 11 is 3.49. The fourth-order valence-electron chi connectivity index (χ4n) is 2.69. The fraction of sp³-hybridized carbons (Fsp3) is 0.333. The molecule has 0 bridgehead atoms. The Morgan fingerprint density at radius 2 is 2.25 bits per heavy atom. The lowest BCUT2D eigenvalue weighted by atomic mass is 10.1. The lowest BCUT2D eigenvalue weighted by Crippen LogP contribution is -2.11. The Kier molecular flexibility index (Phi) is 3.49. The van der Waals surface area contributed by atoms with E-state index in [-0.39, 0.29) is 0 Å². The van der Waals surface area contributed by atoms with Crippen molar-refractivity contribution in [2.24, 2.45) is 0 Å². The van der Waals surface area contributed by atoms with Crippen LogP contribution < -0.4 is 4.74 Å². The van der Waals surface area contributed by atoms with Crippen LogP contribution in [-0.2, 0) is 13.0 Å². The number of halogens is 1. The standard InChI is InChI=1S/C15H14BrN3O/c1-20-14-6-5-10(16)8-11(14)15-18-12(9-17)13-4-2-3-7-19(13)15/h5-6,8H,2-4,7H2,1H3. The van der Waals surface area contributed by atoms with Crippen LogP contribution in [0.1, 0.15) is 24.2 Å². The molecule has 0 amide bonds. The van der Waals surface area contributed by atoms with Gasteiger partial charge in [0.1, 0.15) is 17.6 Å². The molecule has 102 valence electrons. The average molecular weight is 332 g/mol. The van der Waals surface area contributed by atoms with Crippen molar-refractivity contribution in [2.75, 3.05) is 7.11 Å². The molecule has 20 heavy (non-hydrogen) atoms. The Balaban J connectivity index is 2.23. The van der Waals surface area contributed by atoms with E-state index in [0.717, 1.165) is 53.1 Å². The second kappa shape index (κ2) is 5.29. The number of aromatic nitrogens is 2. The van der Waals surface area contributed by atoms with E-state index in [4.69, 9.17) is 4.74 Å². The average Bonchev–Trinajstić information content (AvgIpc) is 2.86. The lowest BCUT2D eigenvalue weighted by Gasteiger charge is -2.17. The number of hydrogen-bond donors (Lipinski definition) is 0. The van der Waals surface area contributed by atoms with Crippen molar-refractivity contribution in [3.05, 3.63) is 34.1 Å². The van der Waals surface area contributed by atoms with Gasteiger partial charge in [0.2, 0.25) is 0 Å². The molecule has 2 aromatic rings. The first-order valence-electron chi connectivity index (χ1n) is 6.58. The van der Waals surface area contributed by atoms with Gasteiger partial charge < -0.3 is 9.30 Å². The highest BCUT2D eigenvalue weighted by atomic mass is 79.9. The summed E-state index contributed by atoms with van der Waals surface area (Å²) in [5, 5.41) is 9.27. The molecule has 0 fully saturated rings. The smallest absolute Gasteiger partial charge is 0.162 e. The Hall–Kier alpha value is -1.80. The van der Waals surface area contributed by atoms with E-state index in [9.17, 15) is 5.26 Å². The Labute approximate surface area is 126 Å². The number of rotatable bonds is 2. The highest BCUT2D eigenvalue weighted by Gasteiger charge is 2.22. The number of imidazole rings is 1. The van der Waals surface area contributed by atoms with Gasteiger partial charge in [-0.1, -0.05) is 15.9 Å². The maximum Gasteiger partial charge on any atom is 0.162 e. The molecule has 0 N–H and O–H groups in total. The van der Waals surface area contributed by atoms with E-state index in [2.05, 4.69) is 31.6 Å². The number of ether oxygens (including phenoxy) is 1. The van der Waals surface area contributed by atoms with Gasteiger partial charge in [0.15, 0.2) is 5.69 Å². The summed E-state index contributed by atoms with van der Waals surface area (Å²) in [5.41, 5.74) is 2.52. The van der Waals surface area contributed by atoms with Crippen LogP contribution in [0.3, 0.4) is 0 Å². The Morgan fingerprint density at radius 1 is 1.40 bits per heavy atom. The van der Waals surface area contributed by atoms with Crippen molar-refractivity contribution in [1.29, 1.82) is 5.26 Å². The first kappa shape index (κ1) is 13.2. The molecule has 0 saturated carbocycles. The molecule has 0 unspecified atom stereocenters. The van der Waals surface area contributed by atoms with Crippen LogP contribution >= 0.6 is 15.9 Å². The van der Waals surface area contributed by atoms with Crippen LogP contribution in [0.5, 0.6) is 5.75 Å². The molecule has 1 aromatic carbocycles. The molecule has 0 aliphatic carbocycles. The summed E-state index contributed by atoms with van der Waals surface area (Å²) in [6.45, 7) is 0.912. The summed E-state index contributed by atoms with van der Waals surface area (Å²) in [4.78, 5) is 4.53. The number of hydrogen-bond acceptors (Lipinski definition) is 3. The molecule has 4 nitrogen and oxygen atoms in total. The summed E-state index contributed by atoms with van der Waals surface area (Å²) in [6.07, 6.45) is 3.17. The maximum atomic E-state index is 9.27. The maximum absolute atomic E-state index is 9.27. The van der Waals surface area contributed by atoms with E-state index < -0.39 is 0 Å². The normalized spacial score (nSPS) is 13.7. The van der Waals surface area contributed by atoms with E-state index in [1.807, 2.05) is 18.2 Å². The first-order valence-corrected chi connectivity index (χ1v) is 7.37. The molecule has 5 heteroatoms. The highest BCUT2D eigenvalue weighted by Crippen LogP contribution is 2.34. The summed E-state index contributed by atoms with van der Waals surface area (Å²) in [6, 6.07) is 8.05. The van der Waals surface area contributed by atoms with Gasteiger partial charge in [0, 0.05) is 11.0 Å². The molecule has 1 aliphatic rings. The van der Waals surface area contributed by atoms with Crippen molar-refractivity contribution < 1.29 is 4.74 Å². The van der Waals surface area contributed by atoms with Gasteiger partial charge in [-0.3, -0.25) is 0 Å². The lowest BCUT2D eigenvalue weighted by molar-refractivity contribution is 0.415. The van der Waals surface area contributed by atoms with Gasteiger partial charge in [0.25, 0.3) is 0 Å². The van der Waals surface area contributed by atoms with Gasteiger partial charge in [-0.15, -0.1) is 0 Å². The quantitative estimate of drug-likeness (QED) is 0.845. The number of nitrogens with zero attached hydrogens (tertiary/aromatic N) is 3. The summed E-state index contributed by atoms with van der Waals surface area (Å²) in [7, 11) is 1.65. The third-order valence-electron chi connectivity index (χ3n) is 3.63. The van der Waals surface area contributed by atoms with E-state index in [1.165, 1.54) is 0 Å². The van der Waals surface area contributed by atoms with Crippen molar-refractivity contribution in [3.8, 4) is 23.2 Å². The number of fused-ring (bicyclic) bond motifs is 1. The predicted octanol–water partition coefficient (Wildman–Crippen LogP) is 3.53. The third-order valence-corrected chi connectivity index (χ3v) is 4.12.